The summed E-state index contributed by atoms with van der Waals surface area (Å²) in [6.07, 6.45) is 0.428. The van der Waals surface area contributed by atoms with Gasteiger partial charge in [-0.1, -0.05) is 13.7 Å². The van der Waals surface area contributed by atoms with E-state index in [9.17, 15) is 5.11 Å². The third-order valence-corrected chi connectivity index (χ3v) is 5.13. The standard InChI is InChI=1S/C19H29NO3/c1-12(2)7-14-11-20-6-5-13-8-18(22-3)19(23-4)9-15(13)16(20)10-17(14)21/h8-9,12,14,16-17,21H,5-7,10-11H2,1-4H3/t14?,16?,17-/m1/s1/i1D3,2D3. The molecule has 0 aromatic heterocycles. The first-order valence-electron chi connectivity index (χ1n) is 11.1. The lowest BCUT2D eigenvalue weighted by molar-refractivity contribution is -0.0191. The Hall–Kier alpha value is -1.26. The molecule has 2 aliphatic rings. The van der Waals surface area contributed by atoms with Crippen molar-refractivity contribution in [1.82, 2.24) is 4.90 Å². The van der Waals surface area contributed by atoms with Crippen molar-refractivity contribution in [1.29, 1.82) is 0 Å². The molecule has 2 heterocycles. The smallest absolute Gasteiger partial charge is 0.161 e. The maximum absolute atomic E-state index is 10.8. The Morgan fingerprint density at radius 2 is 2.04 bits per heavy atom. The van der Waals surface area contributed by atoms with E-state index in [1.165, 1.54) is 0 Å². The van der Waals surface area contributed by atoms with Crippen molar-refractivity contribution in [2.75, 3.05) is 27.3 Å². The van der Waals surface area contributed by atoms with Crippen molar-refractivity contribution in [3.63, 3.8) is 0 Å². The number of fused-ring (bicyclic) bond motifs is 3. The number of aliphatic hydroxyl groups excluding tert-OH is 1. The summed E-state index contributed by atoms with van der Waals surface area (Å²) in [5.41, 5.74) is 2.23. The van der Waals surface area contributed by atoms with Gasteiger partial charge >= 0.3 is 0 Å². The van der Waals surface area contributed by atoms with Crippen LogP contribution in [0, 0.1) is 11.8 Å². The van der Waals surface area contributed by atoms with Gasteiger partial charge in [-0.2, -0.15) is 0 Å². The van der Waals surface area contributed by atoms with Crippen molar-refractivity contribution in [3.8, 4) is 11.5 Å². The molecule has 2 unspecified atom stereocenters. The molecule has 2 aliphatic heterocycles. The number of nitrogens with zero attached hydrogens (tertiary/aromatic N) is 1. The van der Waals surface area contributed by atoms with Gasteiger partial charge in [0, 0.05) is 27.4 Å². The minimum atomic E-state index is -2.58. The minimum absolute atomic E-state index is 0.0104. The van der Waals surface area contributed by atoms with Crippen LogP contribution in [0.2, 0.25) is 0 Å². The van der Waals surface area contributed by atoms with Crippen molar-refractivity contribution in [2.24, 2.45) is 11.8 Å². The van der Waals surface area contributed by atoms with E-state index in [4.69, 9.17) is 17.7 Å². The zero-order chi connectivity index (χ0) is 21.6. The van der Waals surface area contributed by atoms with Crippen LogP contribution in [0.3, 0.4) is 0 Å². The van der Waals surface area contributed by atoms with E-state index in [0.29, 0.717) is 24.5 Å². The fraction of sp³-hybridized carbons (Fsp3) is 0.684. The van der Waals surface area contributed by atoms with Gasteiger partial charge in [0.05, 0.1) is 20.3 Å². The second-order valence-corrected chi connectivity index (χ2v) is 6.52. The van der Waals surface area contributed by atoms with E-state index in [2.05, 4.69) is 4.90 Å². The minimum Gasteiger partial charge on any atom is -0.493 e. The maximum atomic E-state index is 10.8. The molecular weight excluding hydrogens is 290 g/mol. The summed E-state index contributed by atoms with van der Waals surface area (Å²) < 4.78 is 56.7. The second-order valence-electron chi connectivity index (χ2n) is 6.52. The quantitative estimate of drug-likeness (QED) is 0.924. The van der Waals surface area contributed by atoms with Gasteiger partial charge < -0.3 is 14.6 Å². The Morgan fingerprint density at radius 3 is 2.74 bits per heavy atom. The molecule has 4 heteroatoms. The average molecular weight is 325 g/mol. The molecule has 0 bridgehead atoms. The van der Waals surface area contributed by atoms with Gasteiger partial charge in [0.1, 0.15) is 0 Å². The molecule has 0 spiro atoms. The Balaban J connectivity index is 1.82. The van der Waals surface area contributed by atoms with Gasteiger partial charge in [-0.05, 0) is 54.4 Å². The zero-order valence-electron chi connectivity index (χ0n) is 19.7. The number of hydrogen-bond donors (Lipinski definition) is 1. The first-order valence-corrected chi connectivity index (χ1v) is 8.12. The summed E-state index contributed by atoms with van der Waals surface area (Å²) in [6.45, 7) is -3.93. The molecule has 23 heavy (non-hydrogen) atoms. The van der Waals surface area contributed by atoms with E-state index in [-0.39, 0.29) is 12.5 Å². The summed E-state index contributed by atoms with van der Waals surface area (Å²) in [7, 11) is 3.18. The van der Waals surface area contributed by atoms with Gasteiger partial charge in [-0.3, -0.25) is 4.90 Å². The molecule has 3 atom stereocenters. The highest BCUT2D eigenvalue weighted by Gasteiger charge is 2.38. The van der Waals surface area contributed by atoms with Gasteiger partial charge in [-0.15, -0.1) is 0 Å². The predicted molar refractivity (Wildman–Crippen MR) is 91.1 cm³/mol. The van der Waals surface area contributed by atoms with E-state index >= 15 is 0 Å². The molecule has 1 aromatic carbocycles. The summed E-state index contributed by atoms with van der Waals surface area (Å²) in [6, 6.07) is 3.92. The molecule has 4 nitrogen and oxygen atoms in total. The number of benzene rings is 1. The Bertz CT molecular complexity index is 722. The maximum Gasteiger partial charge on any atom is 0.161 e. The van der Waals surface area contributed by atoms with Crippen LogP contribution in [-0.2, 0) is 6.42 Å². The Kier molecular flexibility index (Phi) is 3.08. The molecule has 1 fully saturated rings. The fourth-order valence-corrected chi connectivity index (χ4v) is 3.95. The van der Waals surface area contributed by atoms with E-state index < -0.39 is 31.6 Å². The number of piperidine rings is 1. The van der Waals surface area contributed by atoms with Crippen LogP contribution in [0.25, 0.3) is 0 Å². The first-order chi connectivity index (χ1) is 13.5. The Labute approximate surface area is 147 Å². The molecule has 128 valence electrons. The highest BCUT2D eigenvalue weighted by atomic mass is 16.5. The van der Waals surface area contributed by atoms with E-state index in [1.54, 1.807) is 14.2 Å². The number of aliphatic hydroxyl groups is 1. The highest BCUT2D eigenvalue weighted by molar-refractivity contribution is 5.49. The summed E-state index contributed by atoms with van der Waals surface area (Å²) in [5.74, 6) is -0.520. The molecule has 1 aromatic rings. The number of ether oxygens (including phenoxy) is 2. The third-order valence-electron chi connectivity index (χ3n) is 5.13. The third kappa shape index (κ3) is 3.20. The molecule has 1 saturated heterocycles. The molecule has 1 N–H and O–H groups in total. The molecule has 0 amide bonds. The summed E-state index contributed by atoms with van der Waals surface area (Å²) in [4.78, 5) is 2.22. The lowest BCUT2D eigenvalue weighted by Crippen LogP contribution is -2.48. The van der Waals surface area contributed by atoms with Gasteiger partial charge in [0.25, 0.3) is 0 Å². The largest absolute Gasteiger partial charge is 0.493 e. The zero-order valence-corrected chi connectivity index (χ0v) is 13.7. The van der Waals surface area contributed by atoms with Crippen molar-refractivity contribution < 1.29 is 22.8 Å². The normalized spacial score (nSPS) is 32.4. The van der Waals surface area contributed by atoms with Crippen LogP contribution in [0.5, 0.6) is 11.5 Å². The molecular formula is C19H29NO3. The molecule has 3 rings (SSSR count). The number of hydrogen-bond acceptors (Lipinski definition) is 4. The monoisotopic (exact) mass is 325 g/mol. The van der Waals surface area contributed by atoms with Crippen LogP contribution >= 0.6 is 0 Å². The van der Waals surface area contributed by atoms with E-state index in [0.717, 1.165) is 24.1 Å². The number of methoxy groups -OCH3 is 2. The van der Waals surface area contributed by atoms with Gasteiger partial charge in [0.2, 0.25) is 0 Å². The molecule has 0 radical (unpaired) electrons. The summed E-state index contributed by atoms with van der Waals surface area (Å²) >= 11 is 0. The van der Waals surface area contributed by atoms with Crippen LogP contribution in [-0.4, -0.2) is 43.4 Å². The van der Waals surface area contributed by atoms with Crippen LogP contribution in [0.4, 0.5) is 0 Å². The second kappa shape index (κ2) is 6.70. The topological polar surface area (TPSA) is 41.9 Å². The predicted octanol–water partition coefficient (Wildman–Crippen LogP) is 3.03. The molecule has 0 saturated carbocycles. The van der Waals surface area contributed by atoms with Crippen LogP contribution in [0.15, 0.2) is 12.1 Å². The average Bonchev–Trinajstić information content (AvgIpc) is 2.63. The first kappa shape index (κ1) is 10.6. The van der Waals surface area contributed by atoms with Gasteiger partial charge in [0.15, 0.2) is 11.5 Å². The van der Waals surface area contributed by atoms with Crippen molar-refractivity contribution in [2.45, 2.75) is 45.1 Å². The van der Waals surface area contributed by atoms with Crippen LogP contribution in [0.1, 0.15) is 51.9 Å². The lowest BCUT2D eigenvalue weighted by atomic mass is 9.79. The van der Waals surface area contributed by atoms with Crippen molar-refractivity contribution >= 4 is 0 Å². The molecule has 0 aliphatic carbocycles. The SMILES string of the molecule is [2H]C([2H])([2H])C(CC1CN2CCc3cc(OC)c(OC)cc3C2C[C@H]1O)C([2H])([2H])[2H]. The van der Waals surface area contributed by atoms with Crippen molar-refractivity contribution in [3.05, 3.63) is 23.3 Å². The van der Waals surface area contributed by atoms with E-state index in [1.807, 2.05) is 12.1 Å². The highest BCUT2D eigenvalue weighted by Crippen LogP contribution is 2.43. The van der Waals surface area contributed by atoms with Gasteiger partial charge in [-0.25, -0.2) is 0 Å². The number of rotatable bonds is 4. The Morgan fingerprint density at radius 1 is 1.30 bits per heavy atom. The lowest BCUT2D eigenvalue weighted by Gasteiger charge is -2.46. The fourth-order valence-electron chi connectivity index (χ4n) is 3.95. The summed E-state index contributed by atoms with van der Waals surface area (Å²) in [5, 5.41) is 10.8. The van der Waals surface area contributed by atoms with Crippen LogP contribution < -0.4 is 9.47 Å².